The van der Waals surface area contributed by atoms with Crippen molar-refractivity contribution in [2.45, 2.75) is 419 Å². The van der Waals surface area contributed by atoms with Crippen molar-refractivity contribution in [2.24, 2.45) is 0 Å². The molecule has 0 spiro atoms. The number of unbranched alkanes of at least 4 members (excludes halogenated alkanes) is 52. The van der Waals surface area contributed by atoms with Crippen LogP contribution in [0.1, 0.15) is 412 Å². The summed E-state index contributed by atoms with van der Waals surface area (Å²) in [7, 11) is 0. The Kier molecular flexibility index (Phi) is 69.1. The molecular weight excluding hydrogens is 1010 g/mol. The highest BCUT2D eigenvalue weighted by molar-refractivity contribution is 5.71. The molecule has 482 valence electrons. The van der Waals surface area contributed by atoms with Crippen LogP contribution in [-0.2, 0) is 28.6 Å². The molecule has 0 aromatic heterocycles. The molecule has 0 aliphatic carbocycles. The maximum Gasteiger partial charge on any atom is 0.306 e. The molecule has 0 saturated heterocycles. The SMILES string of the molecule is CCCCCCC/C=C\C/C=C\CCCCCCCCCCCCCCCCCCCC(=O)OCC(COC(=O)CCCCCCCCCCCCCCCC)OC(=O)CCCCCCCCCCC/C=C\CCCCCCCCCC. The first-order chi connectivity index (χ1) is 40.5. The first-order valence-electron chi connectivity index (χ1n) is 37.0. The summed E-state index contributed by atoms with van der Waals surface area (Å²) in [6, 6.07) is 0. The fourth-order valence-corrected chi connectivity index (χ4v) is 11.3. The third-order valence-electron chi connectivity index (χ3n) is 16.9. The van der Waals surface area contributed by atoms with Crippen LogP contribution < -0.4 is 0 Å². The summed E-state index contributed by atoms with van der Waals surface area (Å²) in [5, 5.41) is 0. The van der Waals surface area contributed by atoms with Gasteiger partial charge in [0.05, 0.1) is 0 Å². The number of hydrogen-bond acceptors (Lipinski definition) is 6. The molecule has 1 unspecified atom stereocenters. The zero-order valence-electron chi connectivity index (χ0n) is 55.5. The van der Waals surface area contributed by atoms with E-state index >= 15 is 0 Å². The van der Waals surface area contributed by atoms with Gasteiger partial charge in [0, 0.05) is 19.3 Å². The zero-order valence-corrected chi connectivity index (χ0v) is 55.5. The summed E-state index contributed by atoms with van der Waals surface area (Å²) in [6.45, 7) is 6.71. The summed E-state index contributed by atoms with van der Waals surface area (Å²) < 4.78 is 17.0. The van der Waals surface area contributed by atoms with Crippen molar-refractivity contribution in [3.05, 3.63) is 36.5 Å². The Labute approximate surface area is 512 Å². The molecule has 0 aromatic rings. The lowest BCUT2D eigenvalue weighted by Gasteiger charge is -2.18. The van der Waals surface area contributed by atoms with Crippen molar-refractivity contribution < 1.29 is 28.6 Å². The molecular formula is C76H142O6. The summed E-state index contributed by atoms with van der Waals surface area (Å²) in [4.78, 5) is 38.5. The van der Waals surface area contributed by atoms with Crippen molar-refractivity contribution in [1.82, 2.24) is 0 Å². The van der Waals surface area contributed by atoms with Crippen LogP contribution in [-0.4, -0.2) is 37.2 Å². The van der Waals surface area contributed by atoms with E-state index in [4.69, 9.17) is 14.2 Å². The lowest BCUT2D eigenvalue weighted by molar-refractivity contribution is -0.167. The number of allylic oxidation sites excluding steroid dienone is 6. The minimum absolute atomic E-state index is 0.0666. The molecule has 0 amide bonds. The van der Waals surface area contributed by atoms with E-state index in [-0.39, 0.29) is 31.1 Å². The second kappa shape index (κ2) is 71.1. The maximum atomic E-state index is 13.0. The Morgan fingerprint density at radius 3 is 0.683 bits per heavy atom. The molecule has 0 aliphatic heterocycles. The number of rotatable bonds is 69. The molecule has 82 heavy (non-hydrogen) atoms. The number of carbonyl (C=O) groups is 3. The Morgan fingerprint density at radius 1 is 0.244 bits per heavy atom. The molecule has 0 bridgehead atoms. The second-order valence-corrected chi connectivity index (χ2v) is 25.2. The van der Waals surface area contributed by atoms with Gasteiger partial charge in [0.25, 0.3) is 0 Å². The average molecular weight is 1150 g/mol. The monoisotopic (exact) mass is 1150 g/mol. The first kappa shape index (κ1) is 79.6. The van der Waals surface area contributed by atoms with Crippen LogP contribution in [0.3, 0.4) is 0 Å². The third-order valence-corrected chi connectivity index (χ3v) is 16.9. The number of ether oxygens (including phenoxy) is 3. The molecule has 0 radical (unpaired) electrons. The fraction of sp³-hybridized carbons (Fsp3) is 0.882. The van der Waals surface area contributed by atoms with Crippen LogP contribution >= 0.6 is 0 Å². The van der Waals surface area contributed by atoms with Gasteiger partial charge in [0.15, 0.2) is 6.10 Å². The standard InChI is InChI=1S/C76H142O6/c1-4-7-10-13-16-19-22-25-28-30-32-34-35-36-37-38-39-40-41-43-44-46-48-51-54-57-60-63-66-69-75(78)81-72-73(71-80-74(77)68-65-62-59-56-53-50-27-24-21-18-15-12-9-6-3)82-76(79)70-67-64-61-58-55-52-49-47-45-42-33-31-29-26-23-20-17-14-11-8-5-2/h22,25,30-33,73H,4-21,23-24,26-29,34-72H2,1-3H3/b25-22-,32-30-,33-31-. The second-order valence-electron chi connectivity index (χ2n) is 25.2. The predicted octanol–water partition coefficient (Wildman–Crippen LogP) is 25.5. The number of esters is 3. The Bertz CT molecular complexity index is 1370. The summed E-state index contributed by atoms with van der Waals surface area (Å²) in [5.74, 6) is -0.836. The highest BCUT2D eigenvalue weighted by Gasteiger charge is 2.20. The van der Waals surface area contributed by atoms with Gasteiger partial charge in [-0.2, -0.15) is 0 Å². The topological polar surface area (TPSA) is 78.9 Å². The van der Waals surface area contributed by atoms with E-state index in [0.717, 1.165) is 64.2 Å². The van der Waals surface area contributed by atoms with Crippen LogP contribution in [0, 0.1) is 0 Å². The van der Waals surface area contributed by atoms with Gasteiger partial charge in [-0.1, -0.05) is 353 Å². The van der Waals surface area contributed by atoms with Gasteiger partial charge in [0.2, 0.25) is 0 Å². The Balaban J connectivity index is 4.21. The first-order valence-corrected chi connectivity index (χ1v) is 37.0. The van der Waals surface area contributed by atoms with Crippen LogP contribution in [0.15, 0.2) is 36.5 Å². The largest absolute Gasteiger partial charge is 0.462 e. The van der Waals surface area contributed by atoms with Gasteiger partial charge in [-0.05, 0) is 77.0 Å². The van der Waals surface area contributed by atoms with Crippen LogP contribution in [0.5, 0.6) is 0 Å². The van der Waals surface area contributed by atoms with Gasteiger partial charge < -0.3 is 14.2 Å². The van der Waals surface area contributed by atoms with Crippen molar-refractivity contribution in [3.8, 4) is 0 Å². The Hall–Kier alpha value is -2.37. The van der Waals surface area contributed by atoms with E-state index in [9.17, 15) is 14.4 Å². The van der Waals surface area contributed by atoms with Crippen LogP contribution in [0.2, 0.25) is 0 Å². The van der Waals surface area contributed by atoms with Crippen molar-refractivity contribution >= 4 is 17.9 Å². The molecule has 0 N–H and O–H groups in total. The van der Waals surface area contributed by atoms with E-state index in [1.807, 2.05) is 0 Å². The van der Waals surface area contributed by atoms with Crippen LogP contribution in [0.4, 0.5) is 0 Å². The van der Waals surface area contributed by atoms with Crippen molar-refractivity contribution in [2.75, 3.05) is 13.2 Å². The minimum atomic E-state index is -0.771. The van der Waals surface area contributed by atoms with E-state index in [0.29, 0.717) is 19.3 Å². The molecule has 0 rings (SSSR count). The van der Waals surface area contributed by atoms with Gasteiger partial charge in [-0.25, -0.2) is 0 Å². The predicted molar refractivity (Wildman–Crippen MR) is 358 cm³/mol. The van der Waals surface area contributed by atoms with Crippen LogP contribution in [0.25, 0.3) is 0 Å². The normalized spacial score (nSPS) is 12.2. The molecule has 0 aliphatic rings. The lowest BCUT2D eigenvalue weighted by Crippen LogP contribution is -2.30. The lowest BCUT2D eigenvalue weighted by atomic mass is 10.0. The molecule has 1 atom stereocenters. The molecule has 6 heteroatoms. The van der Waals surface area contributed by atoms with E-state index in [1.165, 1.54) is 308 Å². The highest BCUT2D eigenvalue weighted by Crippen LogP contribution is 2.19. The summed E-state index contributed by atoms with van der Waals surface area (Å²) >= 11 is 0. The van der Waals surface area contributed by atoms with E-state index in [1.54, 1.807) is 0 Å². The van der Waals surface area contributed by atoms with Gasteiger partial charge >= 0.3 is 17.9 Å². The van der Waals surface area contributed by atoms with E-state index < -0.39 is 6.10 Å². The molecule has 0 heterocycles. The maximum absolute atomic E-state index is 13.0. The Morgan fingerprint density at radius 2 is 0.439 bits per heavy atom. The molecule has 0 aromatic carbocycles. The number of hydrogen-bond donors (Lipinski definition) is 0. The van der Waals surface area contributed by atoms with Gasteiger partial charge in [-0.3, -0.25) is 14.4 Å². The van der Waals surface area contributed by atoms with E-state index in [2.05, 4.69) is 57.2 Å². The highest BCUT2D eigenvalue weighted by atomic mass is 16.6. The van der Waals surface area contributed by atoms with Crippen molar-refractivity contribution in [1.29, 1.82) is 0 Å². The zero-order chi connectivity index (χ0) is 59.2. The quantitative estimate of drug-likeness (QED) is 0.0261. The molecule has 0 saturated carbocycles. The smallest absolute Gasteiger partial charge is 0.306 e. The molecule has 6 nitrogen and oxygen atoms in total. The summed E-state index contributed by atoms with van der Waals surface area (Å²) in [5.41, 5.74) is 0. The fourth-order valence-electron chi connectivity index (χ4n) is 11.3. The van der Waals surface area contributed by atoms with Gasteiger partial charge in [0.1, 0.15) is 13.2 Å². The number of carbonyl (C=O) groups excluding carboxylic acids is 3. The van der Waals surface area contributed by atoms with Crippen molar-refractivity contribution in [3.63, 3.8) is 0 Å². The average Bonchev–Trinajstić information content (AvgIpc) is 3.47. The third kappa shape index (κ3) is 68.4. The minimum Gasteiger partial charge on any atom is -0.462 e. The summed E-state index contributed by atoms with van der Waals surface area (Å²) in [6.07, 6.45) is 89.0. The molecule has 0 fully saturated rings. The van der Waals surface area contributed by atoms with Gasteiger partial charge in [-0.15, -0.1) is 0 Å².